The summed E-state index contributed by atoms with van der Waals surface area (Å²) in [5, 5.41) is 14.0. The highest BCUT2D eigenvalue weighted by Gasteiger charge is 2.39. The van der Waals surface area contributed by atoms with Crippen LogP contribution in [0, 0.1) is 17.6 Å². The Labute approximate surface area is 200 Å². The monoisotopic (exact) mass is 496 g/mol. The largest absolute Gasteiger partial charge is 0.492 e. The van der Waals surface area contributed by atoms with Gasteiger partial charge in [-0.15, -0.1) is 0 Å². The zero-order valence-corrected chi connectivity index (χ0v) is 20.9. The van der Waals surface area contributed by atoms with Crippen LogP contribution >= 0.6 is 0 Å². The minimum absolute atomic E-state index is 0.0741. The number of aliphatic hydroxyl groups excluding tert-OH is 1. The molecule has 3 atom stereocenters. The molecule has 188 valence electrons. The molecule has 0 aromatic heterocycles. The van der Waals surface area contributed by atoms with Gasteiger partial charge in [0.25, 0.3) is 0 Å². The number of aliphatic hydroxyl groups is 1. The first kappa shape index (κ1) is 26.4. The second kappa shape index (κ2) is 10.2. The van der Waals surface area contributed by atoms with Gasteiger partial charge in [0.15, 0.2) is 9.84 Å². The predicted octanol–water partition coefficient (Wildman–Crippen LogP) is 3.35. The Morgan fingerprint density at radius 1 is 1.15 bits per heavy atom. The lowest BCUT2D eigenvalue weighted by molar-refractivity contribution is 0.0779. The zero-order valence-electron chi connectivity index (χ0n) is 20.1. The van der Waals surface area contributed by atoms with Gasteiger partial charge in [0.1, 0.15) is 23.1 Å². The van der Waals surface area contributed by atoms with E-state index in [0.717, 1.165) is 5.56 Å². The second-order valence-corrected chi connectivity index (χ2v) is 12.2. The van der Waals surface area contributed by atoms with Gasteiger partial charge >= 0.3 is 0 Å². The SMILES string of the molecule is CCOc1cc(C[C@@H]2CS(=O)(=O)C[C@H](NCc3cc(C(C)(C)C)ccc3F)[C@H]2O)cc(F)c1N. The second-order valence-electron chi connectivity index (χ2n) is 10.00. The maximum absolute atomic E-state index is 14.4. The van der Waals surface area contributed by atoms with Gasteiger partial charge in [-0.3, -0.25) is 0 Å². The van der Waals surface area contributed by atoms with Crippen LogP contribution < -0.4 is 15.8 Å². The number of hydrogen-bond acceptors (Lipinski definition) is 6. The van der Waals surface area contributed by atoms with Crippen molar-refractivity contribution in [3.05, 3.63) is 58.7 Å². The van der Waals surface area contributed by atoms with Crippen LogP contribution in [0.15, 0.2) is 30.3 Å². The summed E-state index contributed by atoms with van der Waals surface area (Å²) >= 11 is 0. The first-order chi connectivity index (χ1) is 15.8. The van der Waals surface area contributed by atoms with E-state index in [1.54, 1.807) is 25.1 Å². The van der Waals surface area contributed by atoms with Crippen molar-refractivity contribution in [1.29, 1.82) is 0 Å². The van der Waals surface area contributed by atoms with E-state index in [0.29, 0.717) is 17.7 Å². The first-order valence-electron chi connectivity index (χ1n) is 11.4. The van der Waals surface area contributed by atoms with E-state index in [2.05, 4.69) is 5.32 Å². The van der Waals surface area contributed by atoms with Crippen LogP contribution in [-0.2, 0) is 28.2 Å². The van der Waals surface area contributed by atoms with Crippen LogP contribution in [-0.4, -0.2) is 43.8 Å². The van der Waals surface area contributed by atoms with Crippen LogP contribution in [0.3, 0.4) is 0 Å². The third kappa shape index (κ3) is 6.25. The average Bonchev–Trinajstić information content (AvgIpc) is 2.73. The van der Waals surface area contributed by atoms with Crippen LogP contribution in [0.5, 0.6) is 5.75 Å². The summed E-state index contributed by atoms with van der Waals surface area (Å²) in [5.74, 6) is -2.01. The van der Waals surface area contributed by atoms with Gasteiger partial charge in [0.2, 0.25) is 0 Å². The molecule has 2 aromatic carbocycles. The number of nitrogen functional groups attached to an aromatic ring is 1. The fourth-order valence-corrected chi connectivity index (χ4v) is 6.28. The molecule has 1 fully saturated rings. The molecule has 4 N–H and O–H groups in total. The van der Waals surface area contributed by atoms with E-state index in [1.165, 1.54) is 12.1 Å². The van der Waals surface area contributed by atoms with E-state index < -0.39 is 39.5 Å². The molecule has 0 saturated carbocycles. The first-order valence-corrected chi connectivity index (χ1v) is 13.2. The highest BCUT2D eigenvalue weighted by Crippen LogP contribution is 2.30. The molecule has 1 aliphatic heterocycles. The minimum Gasteiger partial charge on any atom is -0.492 e. The Kier molecular flexibility index (Phi) is 7.89. The number of halogens is 2. The van der Waals surface area contributed by atoms with Gasteiger partial charge in [-0.1, -0.05) is 32.9 Å². The summed E-state index contributed by atoms with van der Waals surface area (Å²) in [6, 6.07) is 6.92. The topological polar surface area (TPSA) is 102 Å². The zero-order chi connectivity index (χ0) is 25.3. The summed E-state index contributed by atoms with van der Waals surface area (Å²) < 4.78 is 59.3. The van der Waals surface area contributed by atoms with Crippen molar-refractivity contribution in [2.24, 2.45) is 5.92 Å². The quantitative estimate of drug-likeness (QED) is 0.508. The van der Waals surface area contributed by atoms with Crippen molar-refractivity contribution in [1.82, 2.24) is 5.32 Å². The highest BCUT2D eigenvalue weighted by molar-refractivity contribution is 7.91. The van der Waals surface area contributed by atoms with Crippen LogP contribution in [0.4, 0.5) is 14.5 Å². The van der Waals surface area contributed by atoms with E-state index in [4.69, 9.17) is 10.5 Å². The highest BCUT2D eigenvalue weighted by atomic mass is 32.2. The fourth-order valence-electron chi connectivity index (χ4n) is 4.31. The third-order valence-corrected chi connectivity index (χ3v) is 8.02. The number of rotatable bonds is 7. The Bertz CT molecular complexity index is 1130. The lowest BCUT2D eigenvalue weighted by atomic mass is 9.86. The summed E-state index contributed by atoms with van der Waals surface area (Å²) in [6.07, 6.45) is -0.891. The number of benzene rings is 2. The Morgan fingerprint density at radius 3 is 2.50 bits per heavy atom. The van der Waals surface area contributed by atoms with Crippen molar-refractivity contribution < 1.29 is 27.0 Å². The molecule has 0 amide bonds. The molecule has 9 heteroatoms. The minimum atomic E-state index is -3.48. The molecule has 0 spiro atoms. The number of sulfone groups is 1. The third-order valence-electron chi connectivity index (χ3n) is 6.21. The van der Waals surface area contributed by atoms with Crippen molar-refractivity contribution in [2.45, 2.75) is 58.2 Å². The van der Waals surface area contributed by atoms with E-state index in [-0.39, 0.29) is 41.3 Å². The Balaban J connectivity index is 1.79. The molecule has 6 nitrogen and oxygen atoms in total. The van der Waals surface area contributed by atoms with Gasteiger partial charge in [-0.05, 0) is 48.1 Å². The Hall–Kier alpha value is -2.23. The van der Waals surface area contributed by atoms with Crippen LogP contribution in [0.2, 0.25) is 0 Å². The van der Waals surface area contributed by atoms with Crippen molar-refractivity contribution in [3.8, 4) is 5.75 Å². The summed E-state index contributed by atoms with van der Waals surface area (Å²) in [5.41, 5.74) is 7.28. The van der Waals surface area contributed by atoms with Gasteiger partial charge in [-0.2, -0.15) is 0 Å². The number of hydrogen-bond donors (Lipinski definition) is 3. The van der Waals surface area contributed by atoms with E-state index in [9.17, 15) is 22.3 Å². The molecule has 0 bridgehead atoms. The molecule has 34 heavy (non-hydrogen) atoms. The lowest BCUT2D eigenvalue weighted by Crippen LogP contribution is -2.54. The van der Waals surface area contributed by atoms with Gasteiger partial charge < -0.3 is 20.9 Å². The molecular weight excluding hydrogens is 462 g/mol. The van der Waals surface area contributed by atoms with Crippen molar-refractivity contribution in [2.75, 3.05) is 23.8 Å². The van der Waals surface area contributed by atoms with Gasteiger partial charge in [0, 0.05) is 24.1 Å². The van der Waals surface area contributed by atoms with Gasteiger partial charge in [0.05, 0.1) is 24.2 Å². The molecule has 2 aromatic rings. The number of anilines is 1. The Morgan fingerprint density at radius 2 is 1.85 bits per heavy atom. The molecule has 1 aliphatic rings. The molecule has 3 rings (SSSR count). The summed E-state index contributed by atoms with van der Waals surface area (Å²) in [6.45, 7) is 8.19. The molecule has 0 radical (unpaired) electrons. The van der Waals surface area contributed by atoms with Crippen LogP contribution in [0.25, 0.3) is 0 Å². The van der Waals surface area contributed by atoms with Crippen molar-refractivity contribution in [3.63, 3.8) is 0 Å². The molecule has 1 heterocycles. The predicted molar refractivity (Wildman–Crippen MR) is 130 cm³/mol. The maximum atomic E-state index is 14.4. The number of nitrogens with two attached hydrogens (primary N) is 1. The molecule has 1 saturated heterocycles. The summed E-state index contributed by atoms with van der Waals surface area (Å²) in [4.78, 5) is 0. The average molecular weight is 497 g/mol. The lowest BCUT2D eigenvalue weighted by Gasteiger charge is -2.35. The normalized spacial score (nSPS) is 22.5. The van der Waals surface area contributed by atoms with Gasteiger partial charge in [-0.25, -0.2) is 17.2 Å². The maximum Gasteiger partial charge on any atom is 0.152 e. The fraction of sp³-hybridized carbons (Fsp3) is 0.520. The molecule has 0 unspecified atom stereocenters. The smallest absolute Gasteiger partial charge is 0.152 e. The number of ether oxygens (including phenoxy) is 1. The van der Waals surface area contributed by atoms with E-state index in [1.807, 2.05) is 20.8 Å². The molecular formula is C25H34F2N2O4S. The number of nitrogens with one attached hydrogen (secondary N) is 1. The van der Waals surface area contributed by atoms with Crippen molar-refractivity contribution >= 4 is 15.5 Å². The van der Waals surface area contributed by atoms with Crippen LogP contribution in [0.1, 0.15) is 44.4 Å². The standard InChI is InChI=1S/C25H34F2N2O4S/c1-5-33-22-10-15(9-20(27)23(22)28)8-17-13-34(31,32)14-21(24(17)30)29-12-16-11-18(25(2,3)4)6-7-19(16)26/h6-7,9-11,17,21,24,29-30H,5,8,12-14,28H2,1-4H3/t17-,21+,24+/m1/s1. The van der Waals surface area contributed by atoms with E-state index >= 15 is 0 Å². The summed E-state index contributed by atoms with van der Waals surface area (Å²) in [7, 11) is -3.48. The molecule has 0 aliphatic carbocycles.